The first kappa shape index (κ1) is 21.3. The van der Waals surface area contributed by atoms with Crippen molar-refractivity contribution in [1.29, 1.82) is 0 Å². The number of hydrogen-bond acceptors (Lipinski definition) is 5. The van der Waals surface area contributed by atoms with Gasteiger partial charge in [-0.15, -0.1) is 0 Å². The van der Waals surface area contributed by atoms with Crippen LogP contribution in [-0.4, -0.2) is 51.0 Å². The van der Waals surface area contributed by atoms with E-state index >= 15 is 0 Å². The van der Waals surface area contributed by atoms with E-state index in [4.69, 9.17) is 11.6 Å². The molecule has 2 bridgehead atoms. The largest absolute Gasteiger partial charge is 0.363 e. The smallest absolute Gasteiger partial charge is 0.321 e. The number of carbonyl (C=O) groups excluding carboxylic acids is 1. The summed E-state index contributed by atoms with van der Waals surface area (Å²) in [5, 5.41) is 6.46. The molecule has 3 atom stereocenters. The van der Waals surface area contributed by atoms with Gasteiger partial charge in [-0.1, -0.05) is 18.2 Å². The fourth-order valence-electron chi connectivity index (χ4n) is 4.81. The first-order valence-electron chi connectivity index (χ1n) is 10.5. The van der Waals surface area contributed by atoms with E-state index in [0.717, 1.165) is 19.0 Å². The number of amides is 2. The third-order valence-electron chi connectivity index (χ3n) is 6.44. The minimum atomic E-state index is -2.91. The lowest BCUT2D eigenvalue weighted by molar-refractivity contribution is 0.141. The molecule has 0 saturated carbocycles. The lowest BCUT2D eigenvalue weighted by Crippen LogP contribution is -2.50. The molecule has 0 spiro atoms. The SMILES string of the molecule is C[C@@H](Nc1nc(Cl)nc2c1CN(C(=O)N1C[C@H]3C[C@@H]1CN3)C2)c1cccc(C(F)F)c1F. The summed E-state index contributed by atoms with van der Waals surface area (Å²) >= 11 is 6.10. The van der Waals surface area contributed by atoms with Crippen LogP contribution < -0.4 is 10.6 Å². The van der Waals surface area contributed by atoms with Crippen LogP contribution >= 0.6 is 11.6 Å². The van der Waals surface area contributed by atoms with Crippen molar-refractivity contribution in [3.63, 3.8) is 0 Å². The topological polar surface area (TPSA) is 73.4 Å². The highest BCUT2D eigenvalue weighted by Gasteiger charge is 2.43. The molecule has 3 aliphatic heterocycles. The molecule has 2 amide bonds. The van der Waals surface area contributed by atoms with Gasteiger partial charge in [-0.3, -0.25) is 0 Å². The first-order valence-corrected chi connectivity index (χ1v) is 10.9. The molecule has 4 heterocycles. The first-order chi connectivity index (χ1) is 15.3. The zero-order valence-corrected chi connectivity index (χ0v) is 18.0. The monoisotopic (exact) mass is 466 g/mol. The van der Waals surface area contributed by atoms with Crippen molar-refractivity contribution in [1.82, 2.24) is 25.1 Å². The molecule has 0 radical (unpaired) electrons. The standard InChI is InChI=1S/C21H22ClF3N6O/c1-10(13-3-2-4-14(17(13)23)18(24)25)27-19-15-8-30(9-16(15)28-20(22)29-19)21(32)31-7-11-5-12(31)6-26-11/h2-4,10-12,18,26H,5-9H2,1H3,(H,27,28,29)/t10-,11-,12-/m1/s1. The number of alkyl halides is 2. The van der Waals surface area contributed by atoms with Crippen LogP contribution in [0.1, 0.15) is 48.2 Å². The number of nitrogens with one attached hydrogen (secondary N) is 2. The molecule has 3 aliphatic rings. The lowest BCUT2D eigenvalue weighted by Gasteiger charge is -2.31. The Labute approximate surface area is 188 Å². The fourth-order valence-corrected chi connectivity index (χ4v) is 5.00. The number of nitrogens with zero attached hydrogens (tertiary/aromatic N) is 4. The van der Waals surface area contributed by atoms with Crippen molar-refractivity contribution in [2.24, 2.45) is 0 Å². The molecular formula is C21H22ClF3N6O. The highest BCUT2D eigenvalue weighted by atomic mass is 35.5. The number of benzene rings is 1. The minimum Gasteiger partial charge on any atom is -0.363 e. The zero-order chi connectivity index (χ0) is 22.6. The second-order valence-electron chi connectivity index (χ2n) is 8.47. The summed E-state index contributed by atoms with van der Waals surface area (Å²) in [5.41, 5.74) is 0.769. The molecule has 2 fully saturated rings. The van der Waals surface area contributed by atoms with Crippen molar-refractivity contribution in [2.45, 2.75) is 51.0 Å². The average molecular weight is 467 g/mol. The van der Waals surface area contributed by atoms with Gasteiger partial charge in [-0.2, -0.15) is 0 Å². The average Bonchev–Trinajstić information content (AvgIpc) is 3.48. The maximum atomic E-state index is 14.6. The second kappa shape index (κ2) is 8.08. The zero-order valence-electron chi connectivity index (χ0n) is 17.3. The van der Waals surface area contributed by atoms with Crippen LogP contribution in [0.4, 0.5) is 23.8 Å². The van der Waals surface area contributed by atoms with Crippen LogP contribution in [0.2, 0.25) is 5.28 Å². The summed E-state index contributed by atoms with van der Waals surface area (Å²) in [6, 6.07) is 3.76. The molecular weight excluding hydrogens is 445 g/mol. The Bertz CT molecular complexity index is 1070. The summed E-state index contributed by atoms with van der Waals surface area (Å²) < 4.78 is 40.8. The Morgan fingerprint density at radius 2 is 2.06 bits per heavy atom. The van der Waals surface area contributed by atoms with Crippen LogP contribution in [0.25, 0.3) is 0 Å². The number of likely N-dealkylation sites (tertiary alicyclic amines) is 1. The van der Waals surface area contributed by atoms with Gasteiger partial charge in [-0.25, -0.2) is 27.9 Å². The molecule has 2 N–H and O–H groups in total. The van der Waals surface area contributed by atoms with Gasteiger partial charge in [0.05, 0.1) is 30.4 Å². The van der Waals surface area contributed by atoms with Crippen LogP contribution in [-0.2, 0) is 13.1 Å². The third-order valence-corrected chi connectivity index (χ3v) is 6.61. The van der Waals surface area contributed by atoms with E-state index in [1.807, 2.05) is 4.90 Å². The fraction of sp³-hybridized carbons (Fsp3) is 0.476. The summed E-state index contributed by atoms with van der Waals surface area (Å²) in [5.74, 6) is -0.581. The Morgan fingerprint density at radius 1 is 1.28 bits per heavy atom. The number of anilines is 1. The molecule has 170 valence electrons. The van der Waals surface area contributed by atoms with E-state index < -0.39 is 23.8 Å². The molecule has 7 nitrogen and oxygen atoms in total. The molecule has 1 aromatic heterocycles. The van der Waals surface area contributed by atoms with E-state index in [0.29, 0.717) is 42.8 Å². The number of piperazine rings is 1. The molecule has 1 aromatic carbocycles. The molecule has 5 rings (SSSR count). The third kappa shape index (κ3) is 3.65. The van der Waals surface area contributed by atoms with E-state index in [1.165, 1.54) is 12.1 Å². The molecule has 32 heavy (non-hydrogen) atoms. The van der Waals surface area contributed by atoms with Gasteiger partial charge in [-0.05, 0) is 24.9 Å². The predicted octanol–water partition coefficient (Wildman–Crippen LogP) is 3.86. The van der Waals surface area contributed by atoms with Crippen molar-refractivity contribution in [3.05, 3.63) is 51.7 Å². The van der Waals surface area contributed by atoms with Gasteiger partial charge in [0, 0.05) is 36.3 Å². The van der Waals surface area contributed by atoms with E-state index in [1.54, 1.807) is 11.8 Å². The summed E-state index contributed by atoms with van der Waals surface area (Å²) in [7, 11) is 0. The number of urea groups is 1. The normalized spacial score (nSPS) is 22.6. The summed E-state index contributed by atoms with van der Waals surface area (Å²) in [6.07, 6.45) is -1.94. The van der Waals surface area contributed by atoms with Crippen LogP contribution in [0, 0.1) is 5.82 Å². The number of hydrogen-bond donors (Lipinski definition) is 2. The van der Waals surface area contributed by atoms with Crippen molar-refractivity contribution in [2.75, 3.05) is 18.4 Å². The highest BCUT2D eigenvalue weighted by Crippen LogP contribution is 2.34. The Kier molecular flexibility index (Phi) is 5.37. The molecule has 11 heteroatoms. The van der Waals surface area contributed by atoms with E-state index in [2.05, 4.69) is 20.6 Å². The van der Waals surface area contributed by atoms with Gasteiger partial charge >= 0.3 is 6.03 Å². The predicted molar refractivity (Wildman–Crippen MR) is 112 cm³/mol. The molecule has 0 unspecified atom stereocenters. The van der Waals surface area contributed by atoms with Crippen molar-refractivity contribution < 1.29 is 18.0 Å². The van der Waals surface area contributed by atoms with Gasteiger partial charge in [0.1, 0.15) is 11.6 Å². The van der Waals surface area contributed by atoms with E-state index in [-0.39, 0.29) is 22.9 Å². The minimum absolute atomic E-state index is 0.000943. The van der Waals surface area contributed by atoms with Crippen LogP contribution in [0.3, 0.4) is 0 Å². The summed E-state index contributed by atoms with van der Waals surface area (Å²) in [6.45, 7) is 3.74. The Morgan fingerprint density at radius 3 is 2.75 bits per heavy atom. The Balaban J connectivity index is 1.37. The van der Waals surface area contributed by atoms with Gasteiger partial charge < -0.3 is 20.4 Å². The number of aromatic nitrogens is 2. The van der Waals surface area contributed by atoms with E-state index in [9.17, 15) is 18.0 Å². The second-order valence-corrected chi connectivity index (χ2v) is 8.81. The Hall–Kier alpha value is -2.59. The lowest BCUT2D eigenvalue weighted by atomic mass is 10.0. The summed E-state index contributed by atoms with van der Waals surface area (Å²) in [4.78, 5) is 25.2. The van der Waals surface area contributed by atoms with Crippen molar-refractivity contribution >= 4 is 23.4 Å². The quantitative estimate of drug-likeness (QED) is 0.669. The van der Waals surface area contributed by atoms with Gasteiger partial charge in [0.25, 0.3) is 6.43 Å². The highest BCUT2D eigenvalue weighted by molar-refractivity contribution is 6.28. The van der Waals surface area contributed by atoms with Gasteiger partial charge in [0.2, 0.25) is 5.28 Å². The molecule has 2 aromatic rings. The molecule has 0 aliphatic carbocycles. The van der Waals surface area contributed by atoms with Gasteiger partial charge in [0.15, 0.2) is 0 Å². The van der Waals surface area contributed by atoms with Crippen molar-refractivity contribution in [3.8, 4) is 0 Å². The number of halogens is 4. The molecule has 2 saturated heterocycles. The van der Waals surface area contributed by atoms with Crippen LogP contribution in [0.5, 0.6) is 0 Å². The number of carbonyl (C=O) groups is 1. The number of fused-ring (bicyclic) bond motifs is 3. The van der Waals surface area contributed by atoms with Crippen LogP contribution in [0.15, 0.2) is 18.2 Å². The maximum Gasteiger partial charge on any atom is 0.321 e. The maximum absolute atomic E-state index is 14.6. The number of rotatable bonds is 4.